The van der Waals surface area contributed by atoms with E-state index in [-0.39, 0.29) is 5.02 Å². The van der Waals surface area contributed by atoms with Gasteiger partial charge in [0.1, 0.15) is 17.3 Å². The lowest BCUT2D eigenvalue weighted by molar-refractivity contribution is 0.471. The van der Waals surface area contributed by atoms with Crippen LogP contribution >= 0.6 is 23.2 Å². The zero-order valence-electron chi connectivity index (χ0n) is 11.6. The third-order valence-corrected chi connectivity index (χ3v) is 3.41. The molecule has 0 radical (unpaired) electrons. The van der Waals surface area contributed by atoms with Gasteiger partial charge in [-0.1, -0.05) is 30.1 Å². The predicted molar refractivity (Wildman–Crippen MR) is 84.9 cm³/mol. The van der Waals surface area contributed by atoms with E-state index >= 15 is 0 Å². The maximum absolute atomic E-state index is 13.1. The van der Waals surface area contributed by atoms with Gasteiger partial charge >= 0.3 is 0 Å². The Morgan fingerprint density at radius 1 is 1.10 bits per heavy atom. The maximum Gasteiger partial charge on any atom is 0.146 e. The standard InChI is InChI=1S/C16H16Cl2FNO/c1-2-7-20-10-11-8-12(17)3-5-15(11)21-16-6-4-13(19)9-14(16)18/h3-6,8-9,20H,2,7,10H2,1H3. The van der Waals surface area contributed by atoms with Crippen molar-refractivity contribution in [3.63, 3.8) is 0 Å². The van der Waals surface area contributed by atoms with E-state index < -0.39 is 5.82 Å². The molecule has 0 spiro atoms. The summed E-state index contributed by atoms with van der Waals surface area (Å²) in [5.74, 6) is 0.668. The molecule has 21 heavy (non-hydrogen) atoms. The molecular formula is C16H16Cl2FNO. The first kappa shape index (κ1) is 16.1. The van der Waals surface area contributed by atoms with E-state index in [0.717, 1.165) is 18.5 Å². The Bertz CT molecular complexity index is 619. The molecule has 0 aliphatic carbocycles. The van der Waals surface area contributed by atoms with E-state index in [1.165, 1.54) is 18.2 Å². The highest BCUT2D eigenvalue weighted by Crippen LogP contribution is 2.32. The number of rotatable bonds is 6. The van der Waals surface area contributed by atoms with Gasteiger partial charge < -0.3 is 10.1 Å². The van der Waals surface area contributed by atoms with Crippen molar-refractivity contribution >= 4 is 23.2 Å². The molecular weight excluding hydrogens is 312 g/mol. The van der Waals surface area contributed by atoms with Crippen molar-refractivity contribution in [3.05, 3.63) is 57.8 Å². The molecule has 0 saturated heterocycles. The van der Waals surface area contributed by atoms with Crippen molar-refractivity contribution < 1.29 is 9.13 Å². The summed E-state index contributed by atoms with van der Waals surface area (Å²) < 4.78 is 18.8. The first-order valence-electron chi connectivity index (χ1n) is 6.72. The lowest BCUT2D eigenvalue weighted by atomic mass is 10.2. The van der Waals surface area contributed by atoms with Gasteiger partial charge in [-0.2, -0.15) is 0 Å². The monoisotopic (exact) mass is 327 g/mol. The predicted octanol–water partition coefficient (Wildman–Crippen LogP) is 5.42. The van der Waals surface area contributed by atoms with Gasteiger partial charge in [0.05, 0.1) is 5.02 Å². The van der Waals surface area contributed by atoms with Gasteiger partial charge in [0.2, 0.25) is 0 Å². The van der Waals surface area contributed by atoms with Gasteiger partial charge in [-0.05, 0) is 49.4 Å². The average molecular weight is 328 g/mol. The van der Waals surface area contributed by atoms with Crippen LogP contribution in [-0.2, 0) is 6.54 Å². The minimum Gasteiger partial charge on any atom is -0.455 e. The lowest BCUT2D eigenvalue weighted by Crippen LogP contribution is -2.14. The first-order valence-corrected chi connectivity index (χ1v) is 7.47. The van der Waals surface area contributed by atoms with Crippen LogP contribution in [0.2, 0.25) is 10.0 Å². The fourth-order valence-electron chi connectivity index (χ4n) is 1.86. The van der Waals surface area contributed by atoms with Gasteiger partial charge in [0.15, 0.2) is 0 Å². The number of hydrogen-bond acceptors (Lipinski definition) is 2. The number of ether oxygens (including phenoxy) is 1. The van der Waals surface area contributed by atoms with Crippen molar-refractivity contribution in [1.29, 1.82) is 0 Å². The van der Waals surface area contributed by atoms with E-state index in [1.807, 2.05) is 6.07 Å². The van der Waals surface area contributed by atoms with Crippen molar-refractivity contribution in [2.45, 2.75) is 19.9 Å². The summed E-state index contributed by atoms with van der Waals surface area (Å²) in [5, 5.41) is 4.17. The van der Waals surface area contributed by atoms with Crippen LogP contribution < -0.4 is 10.1 Å². The minimum atomic E-state index is -0.395. The Labute approximate surface area is 133 Å². The highest BCUT2D eigenvalue weighted by atomic mass is 35.5. The number of nitrogens with one attached hydrogen (secondary N) is 1. The lowest BCUT2D eigenvalue weighted by Gasteiger charge is -2.13. The largest absolute Gasteiger partial charge is 0.455 e. The van der Waals surface area contributed by atoms with Gasteiger partial charge in [0, 0.05) is 17.1 Å². The molecule has 0 aromatic heterocycles. The van der Waals surface area contributed by atoms with E-state index in [0.29, 0.717) is 23.1 Å². The van der Waals surface area contributed by atoms with Crippen molar-refractivity contribution in [3.8, 4) is 11.5 Å². The third-order valence-electron chi connectivity index (χ3n) is 2.88. The molecule has 0 saturated carbocycles. The van der Waals surface area contributed by atoms with Crippen LogP contribution in [0, 0.1) is 5.82 Å². The molecule has 5 heteroatoms. The van der Waals surface area contributed by atoms with E-state index in [1.54, 1.807) is 12.1 Å². The highest BCUT2D eigenvalue weighted by molar-refractivity contribution is 6.32. The second kappa shape index (κ2) is 7.64. The molecule has 2 rings (SSSR count). The second-order valence-corrected chi connectivity index (χ2v) is 5.45. The van der Waals surface area contributed by atoms with Crippen molar-refractivity contribution in [2.75, 3.05) is 6.54 Å². The van der Waals surface area contributed by atoms with Crippen LogP contribution in [0.5, 0.6) is 11.5 Å². The highest BCUT2D eigenvalue weighted by Gasteiger charge is 2.09. The number of benzene rings is 2. The zero-order chi connectivity index (χ0) is 15.2. The molecule has 1 N–H and O–H groups in total. The minimum absolute atomic E-state index is 0.234. The van der Waals surface area contributed by atoms with Crippen LogP contribution in [0.3, 0.4) is 0 Å². The van der Waals surface area contributed by atoms with Crippen LogP contribution in [0.15, 0.2) is 36.4 Å². The molecule has 112 valence electrons. The molecule has 0 atom stereocenters. The summed E-state index contributed by atoms with van der Waals surface area (Å²) >= 11 is 12.0. The number of hydrogen-bond donors (Lipinski definition) is 1. The van der Waals surface area contributed by atoms with E-state index in [2.05, 4.69) is 12.2 Å². The molecule has 2 nitrogen and oxygen atoms in total. The zero-order valence-corrected chi connectivity index (χ0v) is 13.1. The summed E-state index contributed by atoms with van der Waals surface area (Å²) in [4.78, 5) is 0. The molecule has 0 bridgehead atoms. The van der Waals surface area contributed by atoms with Gasteiger partial charge in [-0.3, -0.25) is 0 Å². The molecule has 2 aromatic rings. The molecule has 0 heterocycles. The summed E-state index contributed by atoms with van der Waals surface area (Å²) in [5.41, 5.74) is 0.927. The van der Waals surface area contributed by atoms with Crippen molar-refractivity contribution in [1.82, 2.24) is 5.32 Å². The van der Waals surface area contributed by atoms with E-state index in [9.17, 15) is 4.39 Å². The third kappa shape index (κ3) is 4.60. The van der Waals surface area contributed by atoms with Crippen LogP contribution in [0.1, 0.15) is 18.9 Å². The average Bonchev–Trinajstić information content (AvgIpc) is 2.44. The molecule has 0 aliphatic rings. The maximum atomic E-state index is 13.1. The molecule has 2 aromatic carbocycles. The summed E-state index contributed by atoms with van der Waals surface area (Å²) in [6, 6.07) is 9.42. The van der Waals surface area contributed by atoms with Crippen molar-refractivity contribution in [2.24, 2.45) is 0 Å². The first-order chi connectivity index (χ1) is 10.1. The molecule has 0 unspecified atom stereocenters. The summed E-state index contributed by atoms with van der Waals surface area (Å²) in [6.07, 6.45) is 1.04. The van der Waals surface area contributed by atoms with Gasteiger partial charge in [-0.25, -0.2) is 4.39 Å². The van der Waals surface area contributed by atoms with Crippen LogP contribution in [0.25, 0.3) is 0 Å². The summed E-state index contributed by atoms with van der Waals surface area (Å²) in [7, 11) is 0. The fraction of sp³-hybridized carbons (Fsp3) is 0.250. The van der Waals surface area contributed by atoms with Crippen LogP contribution in [-0.4, -0.2) is 6.54 Å². The normalized spacial score (nSPS) is 10.7. The second-order valence-electron chi connectivity index (χ2n) is 4.61. The molecule has 0 amide bonds. The topological polar surface area (TPSA) is 21.3 Å². The Hall–Kier alpha value is -1.29. The Balaban J connectivity index is 2.22. The Morgan fingerprint density at radius 2 is 1.86 bits per heavy atom. The van der Waals surface area contributed by atoms with Crippen LogP contribution in [0.4, 0.5) is 4.39 Å². The summed E-state index contributed by atoms with van der Waals surface area (Å²) in [6.45, 7) is 3.65. The fourth-order valence-corrected chi connectivity index (χ4v) is 2.26. The number of halogens is 3. The van der Waals surface area contributed by atoms with E-state index in [4.69, 9.17) is 27.9 Å². The SMILES string of the molecule is CCCNCc1cc(Cl)ccc1Oc1ccc(F)cc1Cl. The Morgan fingerprint density at radius 3 is 2.57 bits per heavy atom. The van der Waals surface area contributed by atoms with Gasteiger partial charge in [-0.15, -0.1) is 0 Å². The Kier molecular flexibility index (Phi) is 5.85. The van der Waals surface area contributed by atoms with Gasteiger partial charge in [0.25, 0.3) is 0 Å². The quantitative estimate of drug-likeness (QED) is 0.715. The molecule has 0 fully saturated rings. The smallest absolute Gasteiger partial charge is 0.146 e. The molecule has 0 aliphatic heterocycles.